The van der Waals surface area contributed by atoms with Gasteiger partial charge >= 0.3 is 0 Å². The minimum atomic E-state index is -0.626. The summed E-state index contributed by atoms with van der Waals surface area (Å²) in [5, 5.41) is 9.48. The van der Waals surface area contributed by atoms with E-state index in [9.17, 15) is 19.2 Å². The molecule has 8 heteroatoms. The molecule has 0 saturated heterocycles. The highest BCUT2D eigenvalue weighted by atomic mass is 19.1. The van der Waals surface area contributed by atoms with Crippen LogP contribution < -0.4 is 9.47 Å². The molecule has 2 aromatic carbocycles. The third-order valence-corrected chi connectivity index (χ3v) is 5.23. The van der Waals surface area contributed by atoms with E-state index in [0.717, 1.165) is 10.5 Å². The lowest BCUT2D eigenvalue weighted by Gasteiger charge is -2.27. The van der Waals surface area contributed by atoms with Crippen LogP contribution >= 0.6 is 0 Å². The van der Waals surface area contributed by atoms with Crippen molar-refractivity contribution in [1.82, 2.24) is 4.90 Å². The first kappa shape index (κ1) is 24.7. The standard InChI is InChI=1S/C26H25FN2O5/c1-4-33-24-14-19(7-10-23(24)34-16-18-5-8-20(27)9-6-18)13-21-17(2)22(15-28)26(31)29(25(21)30)11-12-32-3/h5-10,13-14H,4,11-12,16H2,1-3H3/b21-13+. The Morgan fingerprint density at radius 1 is 1.06 bits per heavy atom. The van der Waals surface area contributed by atoms with E-state index in [0.29, 0.717) is 29.2 Å². The topological polar surface area (TPSA) is 88.9 Å². The Labute approximate surface area is 197 Å². The summed E-state index contributed by atoms with van der Waals surface area (Å²) in [6.07, 6.45) is 1.62. The molecular weight excluding hydrogens is 439 g/mol. The average Bonchev–Trinajstić information content (AvgIpc) is 2.83. The minimum absolute atomic E-state index is 0.0460. The van der Waals surface area contributed by atoms with Gasteiger partial charge in [-0.05, 0) is 60.9 Å². The maximum Gasteiger partial charge on any atom is 0.271 e. The third-order valence-electron chi connectivity index (χ3n) is 5.23. The van der Waals surface area contributed by atoms with Crippen LogP contribution in [0.3, 0.4) is 0 Å². The smallest absolute Gasteiger partial charge is 0.271 e. The molecule has 0 bridgehead atoms. The monoisotopic (exact) mass is 464 g/mol. The number of carbonyl (C=O) groups is 2. The van der Waals surface area contributed by atoms with Crippen LogP contribution in [0.15, 0.2) is 59.2 Å². The van der Waals surface area contributed by atoms with E-state index in [4.69, 9.17) is 14.2 Å². The Morgan fingerprint density at radius 3 is 2.44 bits per heavy atom. The molecule has 1 aliphatic heterocycles. The molecule has 0 spiro atoms. The van der Waals surface area contributed by atoms with Crippen LogP contribution in [-0.2, 0) is 20.9 Å². The molecule has 1 aliphatic rings. The molecule has 0 aromatic heterocycles. The molecule has 2 aromatic rings. The van der Waals surface area contributed by atoms with Gasteiger partial charge in [-0.1, -0.05) is 18.2 Å². The molecule has 0 saturated carbocycles. The lowest BCUT2D eigenvalue weighted by atomic mass is 9.93. The second kappa shape index (κ2) is 11.3. The minimum Gasteiger partial charge on any atom is -0.490 e. The Balaban J connectivity index is 1.92. The van der Waals surface area contributed by atoms with Crippen LogP contribution in [0.25, 0.3) is 6.08 Å². The van der Waals surface area contributed by atoms with Crippen LogP contribution in [0.5, 0.6) is 11.5 Å². The predicted octanol–water partition coefficient (Wildman–Crippen LogP) is 4.04. The SMILES string of the molecule is CCOc1cc(/C=C2/C(=O)N(CCOC)C(=O)C(C#N)=C2C)ccc1OCc1ccc(F)cc1. The van der Waals surface area contributed by atoms with E-state index in [1.807, 2.05) is 13.0 Å². The van der Waals surface area contributed by atoms with Crippen LogP contribution in [-0.4, -0.2) is 43.6 Å². The van der Waals surface area contributed by atoms with Gasteiger partial charge < -0.3 is 14.2 Å². The number of amides is 2. The molecule has 7 nitrogen and oxygen atoms in total. The number of benzene rings is 2. The summed E-state index contributed by atoms with van der Waals surface area (Å²) in [4.78, 5) is 26.6. The third kappa shape index (κ3) is 5.50. The molecule has 34 heavy (non-hydrogen) atoms. The van der Waals surface area contributed by atoms with E-state index in [1.54, 1.807) is 43.3 Å². The lowest BCUT2D eigenvalue weighted by Crippen LogP contribution is -2.44. The van der Waals surface area contributed by atoms with Gasteiger partial charge in [0, 0.05) is 12.7 Å². The number of hydrogen-bond donors (Lipinski definition) is 0. The first-order valence-corrected chi connectivity index (χ1v) is 10.7. The van der Waals surface area contributed by atoms with E-state index in [2.05, 4.69) is 0 Å². The van der Waals surface area contributed by atoms with Crippen LogP contribution in [0.1, 0.15) is 25.0 Å². The second-order valence-electron chi connectivity index (χ2n) is 7.48. The van der Waals surface area contributed by atoms with E-state index >= 15 is 0 Å². The second-order valence-corrected chi connectivity index (χ2v) is 7.48. The summed E-state index contributed by atoms with van der Waals surface area (Å²) >= 11 is 0. The summed E-state index contributed by atoms with van der Waals surface area (Å²) in [6, 6.07) is 13.1. The van der Waals surface area contributed by atoms with Crippen molar-refractivity contribution in [1.29, 1.82) is 5.26 Å². The van der Waals surface area contributed by atoms with Gasteiger partial charge in [-0.3, -0.25) is 14.5 Å². The van der Waals surface area contributed by atoms with Crippen LogP contribution in [0.4, 0.5) is 4.39 Å². The first-order chi connectivity index (χ1) is 16.4. The molecule has 176 valence electrons. The fraction of sp³-hybridized carbons (Fsp3) is 0.269. The number of nitriles is 1. The van der Waals surface area contributed by atoms with Crippen molar-refractivity contribution in [2.24, 2.45) is 0 Å². The molecule has 0 N–H and O–H groups in total. The number of hydrogen-bond acceptors (Lipinski definition) is 6. The van der Waals surface area contributed by atoms with Gasteiger partial charge in [0.25, 0.3) is 11.8 Å². The molecule has 0 fully saturated rings. The Kier molecular flexibility index (Phi) is 8.17. The van der Waals surface area contributed by atoms with Crippen molar-refractivity contribution in [2.45, 2.75) is 20.5 Å². The van der Waals surface area contributed by atoms with Crippen molar-refractivity contribution in [3.05, 3.63) is 76.1 Å². The molecular formula is C26H25FN2O5. The largest absolute Gasteiger partial charge is 0.490 e. The number of carbonyl (C=O) groups excluding carboxylic acids is 2. The van der Waals surface area contributed by atoms with Gasteiger partial charge in [0.1, 0.15) is 24.1 Å². The number of ether oxygens (including phenoxy) is 3. The van der Waals surface area contributed by atoms with Crippen molar-refractivity contribution < 1.29 is 28.2 Å². The van der Waals surface area contributed by atoms with Gasteiger partial charge in [-0.2, -0.15) is 5.26 Å². The average molecular weight is 464 g/mol. The highest BCUT2D eigenvalue weighted by Gasteiger charge is 2.35. The fourth-order valence-electron chi connectivity index (χ4n) is 3.43. The Hall–Kier alpha value is -3.96. The zero-order chi connectivity index (χ0) is 24.7. The van der Waals surface area contributed by atoms with Crippen molar-refractivity contribution >= 4 is 17.9 Å². The number of halogens is 1. The zero-order valence-corrected chi connectivity index (χ0v) is 19.3. The van der Waals surface area contributed by atoms with Crippen LogP contribution in [0.2, 0.25) is 0 Å². The molecule has 0 aliphatic carbocycles. The summed E-state index contributed by atoms with van der Waals surface area (Å²) < 4.78 is 29.7. The molecule has 0 unspecified atom stereocenters. The molecule has 0 radical (unpaired) electrons. The summed E-state index contributed by atoms with van der Waals surface area (Å²) in [5.74, 6) is -0.478. The summed E-state index contributed by atoms with van der Waals surface area (Å²) in [5.41, 5.74) is 1.92. The predicted molar refractivity (Wildman–Crippen MR) is 123 cm³/mol. The van der Waals surface area contributed by atoms with Gasteiger partial charge in [0.2, 0.25) is 0 Å². The van der Waals surface area contributed by atoms with E-state index < -0.39 is 11.8 Å². The fourth-order valence-corrected chi connectivity index (χ4v) is 3.43. The molecule has 1 heterocycles. The molecule has 2 amide bonds. The highest BCUT2D eigenvalue weighted by Crippen LogP contribution is 2.32. The van der Waals surface area contributed by atoms with Crippen molar-refractivity contribution in [3.63, 3.8) is 0 Å². The molecule has 0 atom stereocenters. The van der Waals surface area contributed by atoms with E-state index in [1.165, 1.54) is 19.2 Å². The van der Waals surface area contributed by atoms with Crippen LogP contribution in [0, 0.1) is 17.1 Å². The number of nitrogens with zero attached hydrogens (tertiary/aromatic N) is 2. The number of rotatable bonds is 9. The summed E-state index contributed by atoms with van der Waals surface area (Å²) in [7, 11) is 1.47. The Bertz CT molecular complexity index is 1180. The number of methoxy groups -OCH3 is 1. The Morgan fingerprint density at radius 2 is 1.79 bits per heavy atom. The molecule has 3 rings (SSSR count). The summed E-state index contributed by atoms with van der Waals surface area (Å²) in [6.45, 7) is 4.25. The van der Waals surface area contributed by atoms with Crippen molar-refractivity contribution in [3.8, 4) is 17.6 Å². The maximum atomic E-state index is 13.1. The maximum absolute atomic E-state index is 13.1. The van der Waals surface area contributed by atoms with Gasteiger partial charge in [-0.25, -0.2) is 4.39 Å². The van der Waals surface area contributed by atoms with Gasteiger partial charge in [0.05, 0.1) is 19.8 Å². The van der Waals surface area contributed by atoms with E-state index in [-0.39, 0.29) is 36.7 Å². The van der Waals surface area contributed by atoms with Gasteiger partial charge in [-0.15, -0.1) is 0 Å². The first-order valence-electron chi connectivity index (χ1n) is 10.7. The van der Waals surface area contributed by atoms with Gasteiger partial charge in [0.15, 0.2) is 11.5 Å². The quantitative estimate of drug-likeness (QED) is 0.411. The highest BCUT2D eigenvalue weighted by molar-refractivity contribution is 6.19. The van der Waals surface area contributed by atoms with Crippen molar-refractivity contribution in [2.75, 3.05) is 26.9 Å². The lowest BCUT2D eigenvalue weighted by molar-refractivity contribution is -0.141. The normalized spacial score (nSPS) is 15.0. The zero-order valence-electron chi connectivity index (χ0n) is 19.3. The number of imide groups is 1.